The Kier molecular flexibility index (Phi) is 24.2. The normalized spacial score (nSPS) is 12.2. The second kappa shape index (κ2) is 28.6. The SMILES string of the molecule is CCCCCCCCCCCCCCCCCCC(Cc1c2ccc(=[N+](CCCC)CCCC)cc-2oc2cc(N(CCCC)CCCC)ccc12)C(=O)O. The molecule has 55 heavy (non-hydrogen) atoms. The molecule has 1 aliphatic heterocycles. The van der Waals surface area contributed by atoms with E-state index in [0.29, 0.717) is 6.42 Å². The molecule has 0 bridgehead atoms. The monoisotopic (exact) mass is 760 g/mol. The van der Waals surface area contributed by atoms with Crippen molar-refractivity contribution < 1.29 is 14.3 Å². The lowest BCUT2D eigenvalue weighted by Crippen LogP contribution is -2.32. The molecule has 3 rings (SSSR count). The van der Waals surface area contributed by atoms with E-state index in [1.54, 1.807) is 0 Å². The molecule has 1 N–H and O–H groups in total. The van der Waals surface area contributed by atoms with Crippen LogP contribution in [-0.4, -0.2) is 37.3 Å². The molecule has 0 amide bonds. The van der Waals surface area contributed by atoms with Gasteiger partial charge in [0.25, 0.3) is 0 Å². The first-order chi connectivity index (χ1) is 27.0. The van der Waals surface area contributed by atoms with Crippen molar-refractivity contribution >= 4 is 22.6 Å². The minimum Gasteiger partial charge on any atom is -0.481 e. The predicted molar refractivity (Wildman–Crippen MR) is 239 cm³/mol. The van der Waals surface area contributed by atoms with Crippen LogP contribution in [0, 0.1) is 5.92 Å². The number of hydrogen-bond acceptors (Lipinski definition) is 3. The van der Waals surface area contributed by atoms with Crippen molar-refractivity contribution in [2.24, 2.45) is 5.92 Å². The van der Waals surface area contributed by atoms with E-state index in [-0.39, 0.29) is 0 Å². The summed E-state index contributed by atoms with van der Waals surface area (Å²) in [4.78, 5) is 15.3. The summed E-state index contributed by atoms with van der Waals surface area (Å²) >= 11 is 0. The number of anilines is 1. The fourth-order valence-electron chi connectivity index (χ4n) is 8.20. The lowest BCUT2D eigenvalue weighted by Gasteiger charge is -2.25. The van der Waals surface area contributed by atoms with E-state index in [0.717, 1.165) is 99.0 Å². The fourth-order valence-corrected chi connectivity index (χ4v) is 8.20. The number of aliphatic carboxylic acids is 1. The minimum absolute atomic E-state index is 0.406. The fraction of sp³-hybridized carbons (Fsp3) is 0.720. The van der Waals surface area contributed by atoms with Crippen LogP contribution < -0.4 is 14.8 Å². The summed E-state index contributed by atoms with van der Waals surface area (Å²) < 4.78 is 9.33. The Labute approximate surface area is 337 Å². The number of carbonyl (C=O) groups is 1. The van der Waals surface area contributed by atoms with Crippen molar-refractivity contribution in [2.45, 2.75) is 202 Å². The van der Waals surface area contributed by atoms with Crippen molar-refractivity contribution in [3.05, 3.63) is 47.3 Å². The zero-order valence-electron chi connectivity index (χ0n) is 36.4. The summed E-state index contributed by atoms with van der Waals surface area (Å²) in [6.07, 6.45) is 31.8. The topological polar surface area (TPSA) is 56.7 Å². The van der Waals surface area contributed by atoms with Gasteiger partial charge >= 0.3 is 5.97 Å². The molecular weight excluding hydrogens is 677 g/mol. The smallest absolute Gasteiger partial charge is 0.306 e. The van der Waals surface area contributed by atoms with E-state index in [9.17, 15) is 9.90 Å². The Bertz CT molecular complexity index is 1470. The van der Waals surface area contributed by atoms with Gasteiger partial charge in [0.15, 0.2) is 0 Å². The van der Waals surface area contributed by atoms with Crippen LogP contribution in [0.25, 0.3) is 22.3 Å². The maximum Gasteiger partial charge on any atom is 0.306 e. The van der Waals surface area contributed by atoms with E-state index in [1.165, 1.54) is 127 Å². The Balaban J connectivity index is 1.73. The van der Waals surface area contributed by atoms with Gasteiger partial charge < -0.3 is 14.4 Å². The van der Waals surface area contributed by atoms with Gasteiger partial charge in [-0.25, -0.2) is 4.58 Å². The Morgan fingerprint density at radius 2 is 1.13 bits per heavy atom. The molecular formula is C50H83N2O3+. The zero-order valence-corrected chi connectivity index (χ0v) is 36.4. The molecule has 1 heterocycles. The second-order valence-corrected chi connectivity index (χ2v) is 16.7. The number of carboxylic acid groups (broad SMARTS) is 1. The summed E-state index contributed by atoms with van der Waals surface area (Å²) in [5.74, 6) is -0.210. The average Bonchev–Trinajstić information content (AvgIpc) is 3.19. The van der Waals surface area contributed by atoms with E-state index >= 15 is 0 Å². The summed E-state index contributed by atoms with van der Waals surface area (Å²) in [5, 5.41) is 12.8. The molecule has 0 spiro atoms. The molecule has 5 nitrogen and oxygen atoms in total. The van der Waals surface area contributed by atoms with Gasteiger partial charge in [-0.1, -0.05) is 163 Å². The predicted octanol–water partition coefficient (Wildman–Crippen LogP) is 14.2. The third kappa shape index (κ3) is 17.1. The van der Waals surface area contributed by atoms with Gasteiger partial charge in [0.2, 0.25) is 5.36 Å². The molecule has 0 saturated heterocycles. The third-order valence-corrected chi connectivity index (χ3v) is 11.9. The minimum atomic E-state index is -0.674. The highest BCUT2D eigenvalue weighted by molar-refractivity contribution is 5.90. The lowest BCUT2D eigenvalue weighted by atomic mass is 9.88. The number of hydrogen-bond donors (Lipinski definition) is 1. The highest BCUT2D eigenvalue weighted by Gasteiger charge is 2.24. The zero-order chi connectivity index (χ0) is 39.5. The van der Waals surface area contributed by atoms with Crippen molar-refractivity contribution in [3.8, 4) is 11.3 Å². The summed E-state index contributed by atoms with van der Waals surface area (Å²) in [5.41, 5.74) is 4.26. The summed E-state index contributed by atoms with van der Waals surface area (Å²) in [6, 6.07) is 13.4. The van der Waals surface area contributed by atoms with Crippen LogP contribution in [0.1, 0.15) is 201 Å². The van der Waals surface area contributed by atoms with Gasteiger partial charge in [-0.3, -0.25) is 4.79 Å². The molecule has 0 radical (unpaired) electrons. The quantitative estimate of drug-likeness (QED) is 0.0382. The first-order valence-electron chi connectivity index (χ1n) is 23.5. The number of carboxylic acids is 1. The number of unbranched alkanes of at least 4 members (excludes halogenated alkanes) is 19. The van der Waals surface area contributed by atoms with Gasteiger partial charge in [0, 0.05) is 54.7 Å². The van der Waals surface area contributed by atoms with Gasteiger partial charge in [0.1, 0.15) is 24.4 Å². The standard InChI is InChI=1S/C50H82N2O3/c1-6-11-16-17-18-19-20-21-22-23-24-25-26-27-28-29-30-42(50(53)54)39-47-45-33-31-43(51(35-12-7-2)36-13-8-3)40-48(45)55-49-41-44(32-34-46(47)49)52(37-14-9-4)38-15-10-5/h31-34,40-42H,6-30,35-39H2,1-5H3/p+1. The van der Waals surface area contributed by atoms with Crippen molar-refractivity contribution in [3.63, 3.8) is 0 Å². The first kappa shape index (κ1) is 46.6. The second-order valence-electron chi connectivity index (χ2n) is 16.7. The molecule has 1 aromatic carbocycles. The van der Waals surface area contributed by atoms with E-state index in [4.69, 9.17) is 4.42 Å². The van der Waals surface area contributed by atoms with E-state index in [2.05, 4.69) is 80.5 Å². The molecule has 1 unspecified atom stereocenters. The van der Waals surface area contributed by atoms with Crippen LogP contribution in [0.4, 0.5) is 5.69 Å². The van der Waals surface area contributed by atoms with Crippen LogP contribution >= 0.6 is 0 Å². The van der Waals surface area contributed by atoms with Crippen molar-refractivity contribution in [2.75, 3.05) is 31.1 Å². The highest BCUT2D eigenvalue weighted by Crippen LogP contribution is 2.37. The van der Waals surface area contributed by atoms with Gasteiger partial charge in [-0.15, -0.1) is 0 Å². The Morgan fingerprint density at radius 3 is 1.64 bits per heavy atom. The van der Waals surface area contributed by atoms with Gasteiger partial charge in [0.05, 0.1) is 12.0 Å². The maximum atomic E-state index is 12.8. The van der Waals surface area contributed by atoms with Crippen molar-refractivity contribution in [1.29, 1.82) is 0 Å². The van der Waals surface area contributed by atoms with E-state index < -0.39 is 11.9 Å². The van der Waals surface area contributed by atoms with Crippen molar-refractivity contribution in [1.82, 2.24) is 4.58 Å². The van der Waals surface area contributed by atoms with Gasteiger partial charge in [-0.05, 0) is 49.4 Å². The van der Waals surface area contributed by atoms with Crippen LogP contribution in [-0.2, 0) is 11.2 Å². The number of rotatable bonds is 33. The number of benzene rings is 2. The highest BCUT2D eigenvalue weighted by atomic mass is 16.4. The summed E-state index contributed by atoms with van der Waals surface area (Å²) in [7, 11) is 0. The third-order valence-electron chi connectivity index (χ3n) is 11.9. The first-order valence-corrected chi connectivity index (χ1v) is 23.5. The summed E-state index contributed by atoms with van der Waals surface area (Å²) in [6.45, 7) is 15.5. The molecule has 1 atom stereocenters. The molecule has 2 aliphatic rings. The van der Waals surface area contributed by atoms with Crippen LogP contribution in [0.15, 0.2) is 40.8 Å². The van der Waals surface area contributed by atoms with E-state index in [1.807, 2.05) is 0 Å². The number of nitrogens with zero attached hydrogens (tertiary/aromatic N) is 2. The molecule has 0 aromatic heterocycles. The molecule has 0 saturated carbocycles. The molecule has 5 heteroatoms. The maximum absolute atomic E-state index is 12.8. The lowest BCUT2D eigenvalue weighted by molar-refractivity contribution is -0.142. The number of fused-ring (bicyclic) bond motifs is 2. The molecule has 1 aliphatic carbocycles. The molecule has 0 fully saturated rings. The largest absolute Gasteiger partial charge is 0.481 e. The molecule has 310 valence electrons. The Hall–Kier alpha value is -2.82. The van der Waals surface area contributed by atoms with Crippen LogP contribution in [0.5, 0.6) is 0 Å². The van der Waals surface area contributed by atoms with Gasteiger partial charge in [-0.2, -0.15) is 0 Å². The van der Waals surface area contributed by atoms with Crippen LogP contribution in [0.3, 0.4) is 0 Å². The molecule has 1 aromatic rings. The van der Waals surface area contributed by atoms with Crippen LogP contribution in [0.2, 0.25) is 0 Å². The average molecular weight is 760 g/mol. The Morgan fingerprint density at radius 1 is 0.618 bits per heavy atom.